The number of amides is 1. The number of aryl methyl sites for hydroxylation is 1. The van der Waals surface area contributed by atoms with Gasteiger partial charge in [-0.3, -0.25) is 9.69 Å². The number of hydrogen-bond acceptors (Lipinski definition) is 3. The number of likely N-dealkylation sites (tertiary alicyclic amines) is 1. The van der Waals surface area contributed by atoms with Crippen LogP contribution in [0.25, 0.3) is 0 Å². The molecule has 4 nitrogen and oxygen atoms in total. The minimum absolute atomic E-state index is 0.703. The van der Waals surface area contributed by atoms with Crippen molar-refractivity contribution in [2.75, 3.05) is 29.9 Å². The van der Waals surface area contributed by atoms with Crippen LogP contribution in [0, 0.1) is 6.92 Å². The Bertz CT molecular complexity index is 517. The molecule has 0 spiro atoms. The van der Waals surface area contributed by atoms with Crippen molar-refractivity contribution < 1.29 is 4.79 Å². The van der Waals surface area contributed by atoms with Gasteiger partial charge in [-0.1, -0.05) is 0 Å². The number of carbonyl (C=O) groups excluding carboxylic acids is 1. The van der Waals surface area contributed by atoms with Gasteiger partial charge in [-0.2, -0.15) is 0 Å². The van der Waals surface area contributed by atoms with Crippen LogP contribution >= 0.6 is 0 Å². The van der Waals surface area contributed by atoms with Crippen LogP contribution in [0.2, 0.25) is 0 Å². The number of hydrogen-bond donors (Lipinski definition) is 1. The third-order valence-electron chi connectivity index (χ3n) is 5.00. The fourth-order valence-electron chi connectivity index (χ4n) is 3.90. The maximum absolute atomic E-state index is 10.5. The fourth-order valence-corrected chi connectivity index (χ4v) is 3.90. The summed E-state index contributed by atoms with van der Waals surface area (Å²) in [6.45, 7) is 8.01. The number of rotatable bonds is 4. The largest absolute Gasteiger partial charge is 0.370 e. The molecular formula is C17H25N3O. The van der Waals surface area contributed by atoms with Crippen LogP contribution in [0.1, 0.15) is 31.7 Å². The van der Waals surface area contributed by atoms with E-state index in [4.69, 9.17) is 0 Å². The van der Waals surface area contributed by atoms with Crippen molar-refractivity contribution in [1.82, 2.24) is 4.90 Å². The molecule has 2 saturated heterocycles. The summed E-state index contributed by atoms with van der Waals surface area (Å²) < 4.78 is 0. The van der Waals surface area contributed by atoms with Crippen LogP contribution in [0.4, 0.5) is 11.4 Å². The first-order valence-electron chi connectivity index (χ1n) is 8.00. The lowest BCUT2D eigenvalue weighted by atomic mass is 10.1. The van der Waals surface area contributed by atoms with E-state index in [1.807, 2.05) is 6.07 Å². The Kier molecular flexibility index (Phi) is 4.15. The lowest BCUT2D eigenvalue weighted by Crippen LogP contribution is -2.39. The second kappa shape index (κ2) is 6.06. The molecule has 2 atom stereocenters. The molecule has 0 radical (unpaired) electrons. The van der Waals surface area contributed by atoms with E-state index in [-0.39, 0.29) is 0 Å². The molecule has 1 aromatic rings. The smallest absolute Gasteiger partial charge is 0.211 e. The molecule has 0 aromatic heterocycles. The average Bonchev–Trinajstić information content (AvgIpc) is 3.08. The molecule has 0 bridgehead atoms. The topological polar surface area (TPSA) is 35.6 Å². The number of benzene rings is 1. The standard InChI is InChI=1S/C17H25N3O/c1-13-10-15(18-12-21)5-6-17(13)19-9-7-16(11-19)20-8-3-4-14(20)2/h5-6,10,12,14,16H,3-4,7-9,11H2,1-2H3,(H,18,21). The maximum Gasteiger partial charge on any atom is 0.211 e. The summed E-state index contributed by atoms with van der Waals surface area (Å²) in [6.07, 6.45) is 4.69. The van der Waals surface area contributed by atoms with E-state index in [0.29, 0.717) is 6.04 Å². The number of nitrogens with one attached hydrogen (secondary N) is 1. The summed E-state index contributed by atoms with van der Waals surface area (Å²) in [7, 11) is 0. The highest BCUT2D eigenvalue weighted by Gasteiger charge is 2.33. The summed E-state index contributed by atoms with van der Waals surface area (Å²) in [5, 5.41) is 2.72. The number of nitrogens with zero attached hydrogens (tertiary/aromatic N) is 2. The highest BCUT2D eigenvalue weighted by Crippen LogP contribution is 2.30. The van der Waals surface area contributed by atoms with Gasteiger partial charge in [0.15, 0.2) is 0 Å². The molecule has 0 aliphatic carbocycles. The summed E-state index contributed by atoms with van der Waals surface area (Å²) in [6, 6.07) is 7.62. The normalized spacial score (nSPS) is 26.3. The Morgan fingerprint density at radius 2 is 2.14 bits per heavy atom. The fraction of sp³-hybridized carbons (Fsp3) is 0.588. The van der Waals surface area contributed by atoms with Gasteiger partial charge in [0.25, 0.3) is 0 Å². The maximum atomic E-state index is 10.5. The highest BCUT2D eigenvalue weighted by atomic mass is 16.1. The third-order valence-corrected chi connectivity index (χ3v) is 5.00. The predicted molar refractivity (Wildman–Crippen MR) is 86.9 cm³/mol. The molecule has 2 aliphatic heterocycles. The predicted octanol–water partition coefficient (Wildman–Crippen LogP) is 2.63. The quantitative estimate of drug-likeness (QED) is 0.865. The van der Waals surface area contributed by atoms with Crippen LogP contribution in [0.3, 0.4) is 0 Å². The summed E-state index contributed by atoms with van der Waals surface area (Å²) in [5.41, 5.74) is 3.41. The van der Waals surface area contributed by atoms with E-state index in [1.54, 1.807) is 0 Å². The minimum atomic E-state index is 0.703. The monoisotopic (exact) mass is 287 g/mol. The first-order chi connectivity index (χ1) is 10.2. The average molecular weight is 287 g/mol. The van der Waals surface area contributed by atoms with E-state index >= 15 is 0 Å². The van der Waals surface area contributed by atoms with Crippen molar-refractivity contribution >= 4 is 17.8 Å². The molecule has 21 heavy (non-hydrogen) atoms. The molecule has 1 aromatic carbocycles. The lowest BCUT2D eigenvalue weighted by Gasteiger charge is -2.29. The Labute approximate surface area is 127 Å². The van der Waals surface area contributed by atoms with Gasteiger partial charge in [0.1, 0.15) is 0 Å². The van der Waals surface area contributed by atoms with Crippen LogP contribution in [-0.4, -0.2) is 43.0 Å². The third kappa shape index (κ3) is 2.91. The van der Waals surface area contributed by atoms with E-state index < -0.39 is 0 Å². The Morgan fingerprint density at radius 1 is 1.29 bits per heavy atom. The van der Waals surface area contributed by atoms with Crippen molar-refractivity contribution in [2.45, 2.75) is 45.2 Å². The summed E-state index contributed by atoms with van der Waals surface area (Å²) in [4.78, 5) is 15.7. The van der Waals surface area contributed by atoms with Crippen molar-refractivity contribution in [3.8, 4) is 0 Å². The molecule has 2 fully saturated rings. The minimum Gasteiger partial charge on any atom is -0.370 e. The van der Waals surface area contributed by atoms with Crippen molar-refractivity contribution in [1.29, 1.82) is 0 Å². The molecule has 2 aliphatic rings. The van der Waals surface area contributed by atoms with Crippen LogP contribution in [0.5, 0.6) is 0 Å². The van der Waals surface area contributed by atoms with E-state index in [9.17, 15) is 4.79 Å². The second-order valence-electron chi connectivity index (χ2n) is 6.38. The van der Waals surface area contributed by atoms with E-state index in [1.165, 1.54) is 37.1 Å². The number of carbonyl (C=O) groups is 1. The molecule has 2 heterocycles. The lowest BCUT2D eigenvalue weighted by molar-refractivity contribution is -0.105. The zero-order valence-corrected chi connectivity index (χ0v) is 13.0. The van der Waals surface area contributed by atoms with Gasteiger partial charge in [0.2, 0.25) is 6.41 Å². The summed E-state index contributed by atoms with van der Waals surface area (Å²) >= 11 is 0. The molecule has 0 saturated carbocycles. The van der Waals surface area contributed by atoms with Crippen LogP contribution < -0.4 is 10.2 Å². The zero-order chi connectivity index (χ0) is 14.8. The molecule has 1 amide bonds. The molecule has 114 valence electrons. The first-order valence-corrected chi connectivity index (χ1v) is 8.00. The van der Waals surface area contributed by atoms with Crippen molar-refractivity contribution in [3.05, 3.63) is 23.8 Å². The van der Waals surface area contributed by atoms with E-state index in [2.05, 4.69) is 41.1 Å². The van der Waals surface area contributed by atoms with Crippen LogP contribution in [-0.2, 0) is 4.79 Å². The van der Waals surface area contributed by atoms with Crippen molar-refractivity contribution in [3.63, 3.8) is 0 Å². The van der Waals surface area contributed by atoms with Gasteiger partial charge in [0.05, 0.1) is 0 Å². The molecule has 4 heteroatoms. The Hall–Kier alpha value is -1.55. The van der Waals surface area contributed by atoms with E-state index in [0.717, 1.165) is 31.2 Å². The van der Waals surface area contributed by atoms with Gasteiger partial charge in [-0.15, -0.1) is 0 Å². The molecule has 1 N–H and O–H groups in total. The van der Waals surface area contributed by atoms with Gasteiger partial charge in [0, 0.05) is 36.5 Å². The zero-order valence-electron chi connectivity index (χ0n) is 13.0. The molecular weight excluding hydrogens is 262 g/mol. The second-order valence-corrected chi connectivity index (χ2v) is 6.38. The van der Waals surface area contributed by atoms with Gasteiger partial charge in [-0.25, -0.2) is 0 Å². The van der Waals surface area contributed by atoms with Gasteiger partial charge < -0.3 is 10.2 Å². The SMILES string of the molecule is Cc1cc(NC=O)ccc1N1CCC(N2CCCC2C)C1. The van der Waals surface area contributed by atoms with Crippen LogP contribution in [0.15, 0.2) is 18.2 Å². The highest BCUT2D eigenvalue weighted by molar-refractivity contribution is 5.73. The Balaban J connectivity index is 1.69. The first kappa shape index (κ1) is 14.4. The molecule has 3 rings (SSSR count). The Morgan fingerprint density at radius 3 is 2.81 bits per heavy atom. The number of anilines is 2. The van der Waals surface area contributed by atoms with Crippen molar-refractivity contribution in [2.24, 2.45) is 0 Å². The van der Waals surface area contributed by atoms with Gasteiger partial charge in [-0.05, 0) is 63.4 Å². The van der Waals surface area contributed by atoms with Gasteiger partial charge >= 0.3 is 0 Å². The summed E-state index contributed by atoms with van der Waals surface area (Å²) in [5.74, 6) is 0. The molecule has 2 unspecified atom stereocenters.